The van der Waals surface area contributed by atoms with Gasteiger partial charge in [-0.25, -0.2) is 4.98 Å². The smallest absolute Gasteiger partial charge is 0.259 e. The fraction of sp³-hybridized carbons (Fsp3) is 0.435. The second-order valence-electron chi connectivity index (χ2n) is 8.29. The van der Waals surface area contributed by atoms with Crippen LogP contribution in [0, 0.1) is 6.92 Å². The third-order valence-electron chi connectivity index (χ3n) is 6.33. The van der Waals surface area contributed by atoms with Gasteiger partial charge in [-0.1, -0.05) is 0 Å². The highest BCUT2D eigenvalue weighted by atomic mass is 16.2. The number of hydrogen-bond donors (Lipinski definition) is 0. The van der Waals surface area contributed by atoms with Gasteiger partial charge in [-0.15, -0.1) is 5.10 Å². The maximum atomic E-state index is 13.2. The Morgan fingerprint density at radius 1 is 1.10 bits per heavy atom. The third-order valence-corrected chi connectivity index (χ3v) is 6.33. The Balaban J connectivity index is 1.37. The van der Waals surface area contributed by atoms with Crippen LogP contribution < -0.4 is 10.3 Å². The molecule has 1 amide bonds. The van der Waals surface area contributed by atoms with Gasteiger partial charge in [-0.2, -0.15) is 5.10 Å². The molecule has 0 spiro atoms. The van der Waals surface area contributed by atoms with Gasteiger partial charge in [0.2, 0.25) is 5.43 Å². The monoisotopic (exact) mass is 418 g/mol. The lowest BCUT2D eigenvalue weighted by molar-refractivity contribution is 0.0744. The number of hydrogen-bond acceptors (Lipinski definition) is 6. The fourth-order valence-corrected chi connectivity index (χ4v) is 4.53. The number of piperazine rings is 1. The molecule has 1 aliphatic carbocycles. The number of rotatable bonds is 3. The van der Waals surface area contributed by atoms with Crippen LogP contribution in [-0.2, 0) is 19.4 Å². The Kier molecular flexibility index (Phi) is 4.92. The predicted octanol–water partition coefficient (Wildman–Crippen LogP) is 1.97. The molecule has 0 bridgehead atoms. The highest BCUT2D eigenvalue weighted by Gasteiger charge is 2.26. The van der Waals surface area contributed by atoms with Gasteiger partial charge in [-0.3, -0.25) is 9.59 Å². The maximum Gasteiger partial charge on any atom is 0.259 e. The van der Waals surface area contributed by atoms with Crippen molar-refractivity contribution in [3.63, 3.8) is 0 Å². The van der Waals surface area contributed by atoms with Gasteiger partial charge in [0.05, 0.1) is 11.1 Å². The Bertz CT molecular complexity index is 1230. The molecule has 5 rings (SSSR count). The third kappa shape index (κ3) is 3.45. The highest BCUT2D eigenvalue weighted by molar-refractivity contribution is 5.97. The molecule has 1 saturated heterocycles. The molecule has 8 nitrogen and oxygen atoms in total. The van der Waals surface area contributed by atoms with Crippen LogP contribution in [-0.4, -0.2) is 56.7 Å². The molecule has 1 fully saturated rings. The largest absolute Gasteiger partial charge is 0.352 e. The summed E-state index contributed by atoms with van der Waals surface area (Å²) in [5.74, 6) is 0.669. The minimum atomic E-state index is -0.246. The second kappa shape index (κ2) is 7.76. The molecule has 0 N–H and O–H groups in total. The van der Waals surface area contributed by atoms with Crippen LogP contribution in [0.4, 0.5) is 5.82 Å². The maximum absolute atomic E-state index is 13.2. The zero-order valence-corrected chi connectivity index (χ0v) is 18.0. The number of amides is 1. The van der Waals surface area contributed by atoms with E-state index in [2.05, 4.69) is 26.1 Å². The van der Waals surface area contributed by atoms with Crippen LogP contribution in [0.2, 0.25) is 0 Å². The topological polar surface area (TPSA) is 84.2 Å². The van der Waals surface area contributed by atoms with Gasteiger partial charge in [-0.05, 0) is 56.9 Å². The van der Waals surface area contributed by atoms with Crippen molar-refractivity contribution in [3.8, 4) is 0 Å². The lowest BCUT2D eigenvalue weighted by atomic mass is 10.1. The number of aryl methyl sites for hydroxylation is 4. The zero-order valence-electron chi connectivity index (χ0n) is 18.0. The second-order valence-corrected chi connectivity index (χ2v) is 8.29. The molecule has 3 aromatic heterocycles. The van der Waals surface area contributed by atoms with Gasteiger partial charge in [0.25, 0.3) is 5.91 Å². The van der Waals surface area contributed by atoms with Crippen LogP contribution >= 0.6 is 0 Å². The molecule has 0 saturated carbocycles. The van der Waals surface area contributed by atoms with Gasteiger partial charge < -0.3 is 14.4 Å². The molecular formula is C23H26N6O2. The van der Waals surface area contributed by atoms with E-state index in [0.717, 1.165) is 36.5 Å². The first-order chi connectivity index (χ1) is 15.0. The Morgan fingerprint density at radius 3 is 2.68 bits per heavy atom. The van der Waals surface area contributed by atoms with E-state index in [1.54, 1.807) is 17.2 Å². The van der Waals surface area contributed by atoms with Crippen molar-refractivity contribution in [2.45, 2.75) is 39.7 Å². The quantitative estimate of drug-likeness (QED) is 0.647. The van der Waals surface area contributed by atoms with Crippen LogP contribution in [0.5, 0.6) is 0 Å². The summed E-state index contributed by atoms with van der Waals surface area (Å²) in [6, 6.07) is 5.73. The molecule has 0 atom stereocenters. The van der Waals surface area contributed by atoms with Crippen LogP contribution in [0.15, 0.2) is 29.2 Å². The number of aromatic nitrogens is 4. The molecule has 31 heavy (non-hydrogen) atoms. The fourth-order valence-electron chi connectivity index (χ4n) is 4.53. The van der Waals surface area contributed by atoms with Crippen molar-refractivity contribution < 1.29 is 4.79 Å². The normalized spacial score (nSPS) is 16.1. The SMILES string of the molecule is CCn1cc(C(=O)N2CCN(c3cc4c(nn3)CCC4)CC2)c(=O)c2ccc(C)nc21. The van der Waals surface area contributed by atoms with Crippen molar-refractivity contribution >= 4 is 22.8 Å². The van der Waals surface area contributed by atoms with Crippen molar-refractivity contribution in [3.05, 3.63) is 57.1 Å². The molecule has 1 aliphatic heterocycles. The van der Waals surface area contributed by atoms with E-state index in [4.69, 9.17) is 0 Å². The van der Waals surface area contributed by atoms with E-state index in [1.807, 2.05) is 24.5 Å². The summed E-state index contributed by atoms with van der Waals surface area (Å²) in [7, 11) is 0. The minimum Gasteiger partial charge on any atom is -0.352 e. The summed E-state index contributed by atoms with van der Waals surface area (Å²) in [6.45, 7) is 6.97. The first-order valence-corrected chi connectivity index (χ1v) is 11.0. The van der Waals surface area contributed by atoms with Crippen molar-refractivity contribution in [2.24, 2.45) is 0 Å². The Morgan fingerprint density at radius 2 is 1.90 bits per heavy atom. The highest BCUT2D eigenvalue weighted by Crippen LogP contribution is 2.23. The summed E-state index contributed by atoms with van der Waals surface area (Å²) >= 11 is 0. The predicted molar refractivity (Wildman–Crippen MR) is 119 cm³/mol. The first kappa shape index (κ1) is 19.7. The summed E-state index contributed by atoms with van der Waals surface area (Å²) in [5.41, 5.74) is 3.85. The van der Waals surface area contributed by atoms with Gasteiger partial charge in [0.1, 0.15) is 11.2 Å². The van der Waals surface area contributed by atoms with Gasteiger partial charge in [0, 0.05) is 44.6 Å². The lowest BCUT2D eigenvalue weighted by Gasteiger charge is -2.35. The van der Waals surface area contributed by atoms with E-state index >= 15 is 0 Å². The number of carbonyl (C=O) groups is 1. The summed E-state index contributed by atoms with van der Waals surface area (Å²) in [6.07, 6.45) is 4.89. The molecule has 2 aliphatic rings. The molecule has 3 aromatic rings. The number of carbonyl (C=O) groups excluding carboxylic acids is 1. The van der Waals surface area contributed by atoms with Crippen molar-refractivity contribution in [2.75, 3.05) is 31.1 Å². The van der Waals surface area contributed by atoms with E-state index in [-0.39, 0.29) is 16.9 Å². The standard InChI is InChI=1S/C23H26N6O2/c1-3-27-14-18(21(30)17-8-7-15(2)24-22(17)27)23(31)29-11-9-28(10-12-29)20-13-16-5-4-6-19(16)25-26-20/h7-8,13-14H,3-6,9-12H2,1-2H3. The number of anilines is 1. The van der Waals surface area contributed by atoms with E-state index in [9.17, 15) is 9.59 Å². The van der Waals surface area contributed by atoms with Crippen LogP contribution in [0.25, 0.3) is 11.0 Å². The molecular weight excluding hydrogens is 392 g/mol. The van der Waals surface area contributed by atoms with Gasteiger partial charge >= 0.3 is 0 Å². The molecule has 0 radical (unpaired) electrons. The van der Waals surface area contributed by atoms with Crippen molar-refractivity contribution in [1.82, 2.24) is 24.6 Å². The van der Waals surface area contributed by atoms with Crippen LogP contribution in [0.1, 0.15) is 40.7 Å². The minimum absolute atomic E-state index is 0.214. The zero-order chi connectivity index (χ0) is 21.5. The van der Waals surface area contributed by atoms with E-state index < -0.39 is 0 Å². The molecule has 8 heteroatoms. The van der Waals surface area contributed by atoms with Crippen molar-refractivity contribution in [1.29, 1.82) is 0 Å². The number of pyridine rings is 2. The first-order valence-electron chi connectivity index (χ1n) is 11.0. The Labute approximate surface area is 180 Å². The van der Waals surface area contributed by atoms with E-state index in [1.165, 1.54) is 5.56 Å². The summed E-state index contributed by atoms with van der Waals surface area (Å²) in [4.78, 5) is 34.7. The van der Waals surface area contributed by atoms with E-state index in [0.29, 0.717) is 43.8 Å². The lowest BCUT2D eigenvalue weighted by Crippen LogP contribution is -2.50. The summed E-state index contributed by atoms with van der Waals surface area (Å²) < 4.78 is 1.88. The molecule has 160 valence electrons. The average Bonchev–Trinajstić information content (AvgIpc) is 3.27. The molecule has 4 heterocycles. The number of fused-ring (bicyclic) bond motifs is 2. The number of nitrogens with zero attached hydrogens (tertiary/aromatic N) is 6. The van der Waals surface area contributed by atoms with Gasteiger partial charge in [0.15, 0.2) is 5.82 Å². The molecule has 0 unspecified atom stereocenters. The van der Waals surface area contributed by atoms with Crippen LogP contribution in [0.3, 0.4) is 0 Å². The summed E-state index contributed by atoms with van der Waals surface area (Å²) in [5, 5.41) is 9.26. The molecule has 0 aromatic carbocycles. The average molecular weight is 419 g/mol. The Hall–Kier alpha value is -3.29.